The summed E-state index contributed by atoms with van der Waals surface area (Å²) >= 11 is 0. The van der Waals surface area contributed by atoms with E-state index in [1.807, 2.05) is 18.2 Å². The van der Waals surface area contributed by atoms with Gasteiger partial charge in [-0.2, -0.15) is 5.26 Å². The average Bonchev–Trinajstić information content (AvgIpc) is 2.46. The summed E-state index contributed by atoms with van der Waals surface area (Å²) in [5.74, 6) is -0.000577. The third kappa shape index (κ3) is 3.32. The predicted molar refractivity (Wildman–Crippen MR) is 73.4 cm³/mol. The predicted octanol–water partition coefficient (Wildman–Crippen LogP) is 1.93. The van der Waals surface area contributed by atoms with Gasteiger partial charge in [-0.3, -0.25) is 4.90 Å². The molecule has 3 heteroatoms. The summed E-state index contributed by atoms with van der Waals surface area (Å²) in [5, 5.41) is 9.32. The third-order valence-electron chi connectivity index (χ3n) is 3.71. The van der Waals surface area contributed by atoms with Crippen molar-refractivity contribution in [2.24, 2.45) is 0 Å². The maximum atomic E-state index is 9.32. The first-order chi connectivity index (χ1) is 8.83. The van der Waals surface area contributed by atoms with Crippen LogP contribution < -0.4 is 0 Å². The zero-order chi connectivity index (χ0) is 12.8. The van der Waals surface area contributed by atoms with Crippen LogP contribution in [0.15, 0.2) is 30.3 Å². The number of likely N-dealkylation sites (N-methyl/N-ethyl adjacent to an activating group) is 1. The number of piperazine rings is 1. The maximum Gasteiger partial charge on any atom is 0.0839 e. The van der Waals surface area contributed by atoms with Crippen LogP contribution in [0.3, 0.4) is 0 Å². The second-order valence-corrected chi connectivity index (χ2v) is 4.83. The molecule has 0 aromatic heterocycles. The third-order valence-corrected chi connectivity index (χ3v) is 3.71. The van der Waals surface area contributed by atoms with Crippen molar-refractivity contribution < 1.29 is 0 Å². The lowest BCUT2D eigenvalue weighted by Gasteiger charge is -2.34. The Balaban J connectivity index is 1.91. The zero-order valence-electron chi connectivity index (χ0n) is 11.0. The second-order valence-electron chi connectivity index (χ2n) is 4.83. The van der Waals surface area contributed by atoms with Gasteiger partial charge in [-0.05, 0) is 12.1 Å². The van der Waals surface area contributed by atoms with Gasteiger partial charge in [-0.25, -0.2) is 0 Å². The van der Waals surface area contributed by atoms with Gasteiger partial charge in [0, 0.05) is 32.7 Å². The summed E-state index contributed by atoms with van der Waals surface area (Å²) < 4.78 is 0. The van der Waals surface area contributed by atoms with Crippen molar-refractivity contribution in [3.8, 4) is 6.07 Å². The molecule has 0 N–H and O–H groups in total. The lowest BCUT2D eigenvalue weighted by molar-refractivity contribution is 0.135. The Bertz CT molecular complexity index is 388. The molecule has 0 radical (unpaired) electrons. The van der Waals surface area contributed by atoms with Crippen molar-refractivity contribution in [2.75, 3.05) is 39.3 Å². The van der Waals surface area contributed by atoms with Crippen molar-refractivity contribution >= 4 is 0 Å². The van der Waals surface area contributed by atoms with E-state index in [1.165, 1.54) is 0 Å². The van der Waals surface area contributed by atoms with E-state index in [0.29, 0.717) is 0 Å². The molecule has 2 rings (SSSR count). The molecule has 1 heterocycles. The van der Waals surface area contributed by atoms with Gasteiger partial charge < -0.3 is 4.90 Å². The minimum Gasteiger partial charge on any atom is -0.301 e. The van der Waals surface area contributed by atoms with Gasteiger partial charge >= 0.3 is 0 Å². The van der Waals surface area contributed by atoms with Crippen LogP contribution in [0.2, 0.25) is 0 Å². The van der Waals surface area contributed by atoms with E-state index >= 15 is 0 Å². The van der Waals surface area contributed by atoms with Crippen molar-refractivity contribution in [2.45, 2.75) is 12.8 Å². The molecule has 0 saturated carbocycles. The molecule has 0 amide bonds. The highest BCUT2D eigenvalue weighted by atomic mass is 15.3. The van der Waals surface area contributed by atoms with Crippen molar-refractivity contribution in [1.82, 2.24) is 9.80 Å². The molecule has 1 aromatic rings. The highest BCUT2D eigenvalue weighted by molar-refractivity contribution is 5.25. The van der Waals surface area contributed by atoms with Gasteiger partial charge in [0.25, 0.3) is 0 Å². The van der Waals surface area contributed by atoms with Crippen LogP contribution in [0.25, 0.3) is 0 Å². The highest BCUT2D eigenvalue weighted by Crippen LogP contribution is 2.16. The van der Waals surface area contributed by atoms with Gasteiger partial charge in [0.05, 0.1) is 12.0 Å². The molecule has 18 heavy (non-hydrogen) atoms. The molecule has 1 fully saturated rings. The highest BCUT2D eigenvalue weighted by Gasteiger charge is 2.19. The van der Waals surface area contributed by atoms with Crippen LogP contribution in [-0.2, 0) is 0 Å². The first-order valence-electron chi connectivity index (χ1n) is 6.72. The van der Waals surface area contributed by atoms with Crippen LogP contribution >= 0.6 is 0 Å². The Hall–Kier alpha value is -1.37. The molecule has 0 spiro atoms. The van der Waals surface area contributed by atoms with Crippen LogP contribution in [0, 0.1) is 11.3 Å². The largest absolute Gasteiger partial charge is 0.301 e. The first-order valence-corrected chi connectivity index (χ1v) is 6.72. The minimum absolute atomic E-state index is 0.000577. The van der Waals surface area contributed by atoms with Gasteiger partial charge in [0.2, 0.25) is 0 Å². The Morgan fingerprint density at radius 1 is 1.11 bits per heavy atom. The summed E-state index contributed by atoms with van der Waals surface area (Å²) in [6, 6.07) is 12.6. The molecule has 1 saturated heterocycles. The molecule has 1 aromatic carbocycles. The number of hydrogen-bond acceptors (Lipinski definition) is 3. The summed E-state index contributed by atoms with van der Waals surface area (Å²) in [7, 11) is 0. The Morgan fingerprint density at radius 2 is 1.72 bits per heavy atom. The SMILES string of the molecule is CCN1CCN(CC(C#N)c2ccccc2)CC1. The second kappa shape index (κ2) is 6.53. The van der Waals surface area contributed by atoms with Gasteiger partial charge in [0.15, 0.2) is 0 Å². The summed E-state index contributed by atoms with van der Waals surface area (Å²) in [4.78, 5) is 4.87. The van der Waals surface area contributed by atoms with E-state index in [2.05, 4.69) is 34.9 Å². The smallest absolute Gasteiger partial charge is 0.0839 e. The molecule has 0 aliphatic carbocycles. The average molecular weight is 243 g/mol. The van der Waals surface area contributed by atoms with Gasteiger partial charge in [0.1, 0.15) is 0 Å². The van der Waals surface area contributed by atoms with Crippen molar-refractivity contribution in [3.05, 3.63) is 35.9 Å². The number of nitriles is 1. The minimum atomic E-state index is -0.000577. The number of hydrogen-bond donors (Lipinski definition) is 0. The molecular formula is C15H21N3. The molecule has 1 atom stereocenters. The van der Waals surface area contributed by atoms with Gasteiger partial charge in [-0.1, -0.05) is 37.3 Å². The van der Waals surface area contributed by atoms with E-state index in [0.717, 1.165) is 44.8 Å². The molecule has 1 unspecified atom stereocenters. The number of rotatable bonds is 4. The van der Waals surface area contributed by atoms with E-state index in [1.54, 1.807) is 0 Å². The number of benzene rings is 1. The lowest BCUT2D eigenvalue weighted by atomic mass is 10.00. The Morgan fingerprint density at radius 3 is 2.28 bits per heavy atom. The van der Waals surface area contributed by atoms with Crippen molar-refractivity contribution in [1.29, 1.82) is 5.26 Å². The molecule has 96 valence electrons. The standard InChI is InChI=1S/C15H21N3/c1-2-17-8-10-18(11-9-17)13-15(12-16)14-6-4-3-5-7-14/h3-7,15H,2,8-11,13H2,1H3. The summed E-state index contributed by atoms with van der Waals surface area (Å²) in [6.07, 6.45) is 0. The van der Waals surface area contributed by atoms with Crippen LogP contribution in [0.4, 0.5) is 0 Å². The quantitative estimate of drug-likeness (QED) is 0.809. The van der Waals surface area contributed by atoms with E-state index < -0.39 is 0 Å². The topological polar surface area (TPSA) is 30.3 Å². The van der Waals surface area contributed by atoms with Crippen LogP contribution in [0.1, 0.15) is 18.4 Å². The molecule has 3 nitrogen and oxygen atoms in total. The molecule has 1 aliphatic heterocycles. The lowest BCUT2D eigenvalue weighted by Crippen LogP contribution is -2.47. The van der Waals surface area contributed by atoms with E-state index in [9.17, 15) is 5.26 Å². The molecule has 1 aliphatic rings. The van der Waals surface area contributed by atoms with Crippen molar-refractivity contribution in [3.63, 3.8) is 0 Å². The van der Waals surface area contributed by atoms with Gasteiger partial charge in [-0.15, -0.1) is 0 Å². The normalized spacial score (nSPS) is 19.3. The van der Waals surface area contributed by atoms with Crippen LogP contribution in [0.5, 0.6) is 0 Å². The summed E-state index contributed by atoms with van der Waals surface area (Å²) in [5.41, 5.74) is 1.14. The monoisotopic (exact) mass is 243 g/mol. The van der Waals surface area contributed by atoms with E-state index in [-0.39, 0.29) is 5.92 Å². The first kappa shape index (κ1) is 13.1. The Labute approximate surface area is 110 Å². The van der Waals surface area contributed by atoms with Crippen LogP contribution in [-0.4, -0.2) is 49.1 Å². The fourth-order valence-corrected chi connectivity index (χ4v) is 2.45. The Kier molecular flexibility index (Phi) is 4.74. The fourth-order valence-electron chi connectivity index (χ4n) is 2.45. The molecule has 0 bridgehead atoms. The number of nitrogens with zero attached hydrogens (tertiary/aromatic N) is 3. The maximum absolute atomic E-state index is 9.32. The fraction of sp³-hybridized carbons (Fsp3) is 0.533. The zero-order valence-corrected chi connectivity index (χ0v) is 11.0. The molecular weight excluding hydrogens is 222 g/mol. The summed E-state index contributed by atoms with van der Waals surface area (Å²) in [6.45, 7) is 8.62. The van der Waals surface area contributed by atoms with E-state index in [4.69, 9.17) is 0 Å².